The summed E-state index contributed by atoms with van der Waals surface area (Å²) in [7, 11) is 0. The van der Waals surface area contributed by atoms with Crippen molar-refractivity contribution in [2.24, 2.45) is 0 Å². The molecule has 7 rings (SSSR count). The zero-order valence-electron chi connectivity index (χ0n) is 17.3. The Labute approximate surface area is 202 Å². The van der Waals surface area contributed by atoms with E-state index in [0.29, 0.717) is 0 Å². The van der Waals surface area contributed by atoms with Crippen LogP contribution in [0.1, 0.15) is 6.92 Å². The molecule has 0 amide bonds. The van der Waals surface area contributed by atoms with Crippen molar-refractivity contribution in [1.82, 2.24) is 14.0 Å². The van der Waals surface area contributed by atoms with Gasteiger partial charge in [-0.25, -0.2) is 0 Å². The summed E-state index contributed by atoms with van der Waals surface area (Å²) in [4.78, 5) is 5.90. The van der Waals surface area contributed by atoms with Crippen molar-refractivity contribution < 1.29 is 20.1 Å². The molecule has 0 atom stereocenters. The van der Waals surface area contributed by atoms with Gasteiger partial charge in [-0.1, -0.05) is 69.7 Å². The van der Waals surface area contributed by atoms with Gasteiger partial charge in [0.15, 0.2) is 0 Å². The summed E-state index contributed by atoms with van der Waals surface area (Å²) in [6.45, 7) is 3.17. The molecule has 5 heteroatoms. The molecule has 0 fully saturated rings. The number of thiophene rings is 1. The molecule has 0 spiro atoms. The number of pyridine rings is 1. The number of hydrogen-bond donors (Lipinski definition) is 0. The van der Waals surface area contributed by atoms with Crippen LogP contribution in [0.2, 0.25) is 0 Å². The SMILES string of the molecule is CCn1c2ccccc2c2cc(-c3s[c-]c4c3c3ccccc3n3ccnc43)ccc21.[Ir]. The molecule has 0 aliphatic rings. The average Bonchev–Trinajstić information content (AvgIpc) is 3.54. The van der Waals surface area contributed by atoms with Gasteiger partial charge < -0.3 is 8.97 Å². The van der Waals surface area contributed by atoms with Crippen molar-refractivity contribution in [2.75, 3.05) is 0 Å². The van der Waals surface area contributed by atoms with Crippen LogP contribution in [0.25, 0.3) is 59.6 Å². The molecule has 3 nitrogen and oxygen atoms in total. The second-order valence-electron chi connectivity index (χ2n) is 7.91. The van der Waals surface area contributed by atoms with Gasteiger partial charge in [-0.2, -0.15) is 0 Å². The summed E-state index contributed by atoms with van der Waals surface area (Å²) >= 11 is 1.69. The Kier molecular flexibility index (Phi) is 4.48. The van der Waals surface area contributed by atoms with E-state index in [1.807, 2.05) is 12.4 Å². The van der Waals surface area contributed by atoms with E-state index >= 15 is 0 Å². The average molecular weight is 609 g/mol. The summed E-state index contributed by atoms with van der Waals surface area (Å²) in [5, 5.41) is 9.77. The minimum Gasteiger partial charge on any atom is -0.341 e. The number of para-hydroxylation sites is 2. The molecular formula is C27H18IrN3S-. The first-order valence-electron chi connectivity index (χ1n) is 10.5. The molecule has 157 valence electrons. The van der Waals surface area contributed by atoms with Gasteiger partial charge in [0.05, 0.1) is 5.65 Å². The summed E-state index contributed by atoms with van der Waals surface area (Å²) in [5.74, 6) is 0. The number of nitrogens with zero attached hydrogens (tertiary/aromatic N) is 3. The summed E-state index contributed by atoms with van der Waals surface area (Å²) < 4.78 is 4.57. The maximum atomic E-state index is 4.64. The van der Waals surface area contributed by atoms with E-state index in [9.17, 15) is 0 Å². The van der Waals surface area contributed by atoms with Crippen LogP contribution in [-0.4, -0.2) is 14.0 Å². The first-order valence-corrected chi connectivity index (χ1v) is 11.4. The minimum atomic E-state index is 0. The Bertz CT molecular complexity index is 1790. The van der Waals surface area contributed by atoms with E-state index in [1.54, 1.807) is 11.3 Å². The first kappa shape index (κ1) is 19.7. The molecule has 1 radical (unpaired) electrons. The third-order valence-corrected chi connectivity index (χ3v) is 7.33. The summed E-state index contributed by atoms with van der Waals surface area (Å²) in [6, 6.07) is 24.2. The van der Waals surface area contributed by atoms with Crippen LogP contribution in [0.3, 0.4) is 0 Å². The van der Waals surface area contributed by atoms with Crippen LogP contribution < -0.4 is 0 Å². The molecule has 0 bridgehead atoms. The van der Waals surface area contributed by atoms with Crippen molar-refractivity contribution in [1.29, 1.82) is 0 Å². The maximum absolute atomic E-state index is 4.64. The molecule has 0 aliphatic heterocycles. The number of rotatable bonds is 2. The molecular weight excluding hydrogens is 591 g/mol. The molecule has 0 unspecified atom stereocenters. The molecule has 0 N–H and O–H groups in total. The monoisotopic (exact) mass is 609 g/mol. The fourth-order valence-electron chi connectivity index (χ4n) is 5.05. The van der Waals surface area contributed by atoms with Crippen molar-refractivity contribution in [3.05, 3.63) is 84.5 Å². The number of aryl methyl sites for hydroxylation is 1. The van der Waals surface area contributed by atoms with E-state index in [0.717, 1.165) is 17.6 Å². The Balaban J connectivity index is 0.00000196. The molecule has 0 aliphatic carbocycles. The van der Waals surface area contributed by atoms with Crippen LogP contribution in [-0.2, 0) is 26.7 Å². The van der Waals surface area contributed by atoms with Gasteiger partial charge in [0, 0.05) is 66.4 Å². The second-order valence-corrected chi connectivity index (χ2v) is 8.73. The smallest absolute Gasteiger partial charge is 0.0609 e. The third kappa shape index (κ3) is 2.53. The largest absolute Gasteiger partial charge is 0.341 e. The second kappa shape index (κ2) is 7.28. The van der Waals surface area contributed by atoms with Crippen LogP contribution in [0.15, 0.2) is 79.1 Å². The molecule has 0 saturated heterocycles. The van der Waals surface area contributed by atoms with Gasteiger partial charge >= 0.3 is 0 Å². The van der Waals surface area contributed by atoms with Gasteiger partial charge in [0.2, 0.25) is 0 Å². The molecule has 32 heavy (non-hydrogen) atoms. The van der Waals surface area contributed by atoms with Crippen LogP contribution >= 0.6 is 11.3 Å². The number of benzene rings is 3. The Hall–Kier alpha value is -2.98. The van der Waals surface area contributed by atoms with Crippen LogP contribution in [0.4, 0.5) is 0 Å². The first-order chi connectivity index (χ1) is 15.3. The van der Waals surface area contributed by atoms with E-state index in [2.05, 4.69) is 93.0 Å². The quantitative estimate of drug-likeness (QED) is 0.189. The van der Waals surface area contributed by atoms with E-state index < -0.39 is 0 Å². The Morgan fingerprint density at radius 1 is 0.875 bits per heavy atom. The normalized spacial score (nSPS) is 11.8. The Morgan fingerprint density at radius 2 is 1.62 bits per heavy atom. The zero-order valence-corrected chi connectivity index (χ0v) is 20.5. The fourth-order valence-corrected chi connectivity index (χ4v) is 6.01. The summed E-state index contributed by atoms with van der Waals surface area (Å²) in [5.41, 5.74) is 5.98. The topological polar surface area (TPSA) is 22.2 Å². The predicted octanol–water partition coefficient (Wildman–Crippen LogP) is 7.29. The predicted molar refractivity (Wildman–Crippen MR) is 131 cm³/mol. The zero-order chi connectivity index (χ0) is 20.5. The minimum absolute atomic E-state index is 0. The van der Waals surface area contributed by atoms with Gasteiger partial charge in [0.1, 0.15) is 0 Å². The van der Waals surface area contributed by atoms with Crippen LogP contribution in [0.5, 0.6) is 0 Å². The number of fused-ring (bicyclic) bond motifs is 9. The number of hydrogen-bond acceptors (Lipinski definition) is 2. The van der Waals surface area contributed by atoms with E-state index in [1.165, 1.54) is 48.5 Å². The molecule has 3 aromatic carbocycles. The van der Waals surface area contributed by atoms with Gasteiger partial charge in [0.25, 0.3) is 0 Å². The van der Waals surface area contributed by atoms with Crippen LogP contribution in [0, 0.1) is 5.38 Å². The van der Waals surface area contributed by atoms with Crippen molar-refractivity contribution >= 4 is 60.5 Å². The number of aromatic nitrogens is 3. The molecule has 4 heterocycles. The molecule has 0 saturated carbocycles. The van der Waals surface area contributed by atoms with Gasteiger partial charge in [-0.3, -0.25) is 16.3 Å². The Morgan fingerprint density at radius 3 is 2.47 bits per heavy atom. The van der Waals surface area contributed by atoms with Crippen molar-refractivity contribution in [3.63, 3.8) is 0 Å². The summed E-state index contributed by atoms with van der Waals surface area (Å²) in [6.07, 6.45) is 3.91. The van der Waals surface area contributed by atoms with Gasteiger partial charge in [-0.05, 0) is 30.5 Å². The number of imidazole rings is 1. The van der Waals surface area contributed by atoms with Crippen molar-refractivity contribution in [3.8, 4) is 10.4 Å². The third-order valence-electron chi connectivity index (χ3n) is 6.38. The van der Waals surface area contributed by atoms with Crippen molar-refractivity contribution in [2.45, 2.75) is 13.5 Å². The van der Waals surface area contributed by atoms with E-state index in [4.69, 9.17) is 0 Å². The molecule has 4 aromatic heterocycles. The maximum Gasteiger partial charge on any atom is 0.0609 e. The standard InChI is InChI=1S/C27H18N3S.Ir/c1-2-29-22-9-5-3-7-18(22)20-15-17(11-12-24(20)29)26-25-19-8-4-6-10-23(19)30-14-13-28-27(30)21(25)16-31-26;/h3-15H,2H2,1H3;/q-1;. The van der Waals surface area contributed by atoms with Gasteiger partial charge in [-0.15, -0.1) is 5.39 Å². The fraction of sp³-hybridized carbons (Fsp3) is 0.0741. The van der Waals surface area contributed by atoms with E-state index in [-0.39, 0.29) is 20.1 Å². The molecule has 7 aromatic rings.